The summed E-state index contributed by atoms with van der Waals surface area (Å²) in [5, 5.41) is 3.30. The molecule has 0 atom stereocenters. The van der Waals surface area contributed by atoms with Gasteiger partial charge in [-0.15, -0.1) is 0 Å². The second kappa shape index (κ2) is 8.49. The Morgan fingerprint density at radius 2 is 2.05 bits per heavy atom. The van der Waals surface area contributed by atoms with Crippen molar-refractivity contribution in [2.45, 2.75) is 26.1 Å². The van der Waals surface area contributed by atoms with Gasteiger partial charge in [-0.05, 0) is 18.5 Å². The predicted octanol–water partition coefficient (Wildman–Crippen LogP) is 2.97. The molecule has 2 aromatic rings. The molecule has 0 aliphatic carbocycles. The molecule has 1 heterocycles. The molecule has 0 unspecified atom stereocenters. The highest BCUT2D eigenvalue weighted by atomic mass is 19.3. The van der Waals surface area contributed by atoms with E-state index in [1.807, 2.05) is 18.2 Å². The molecule has 4 nitrogen and oxygen atoms in total. The minimum absolute atomic E-state index is 0.107. The van der Waals surface area contributed by atoms with Crippen molar-refractivity contribution < 1.29 is 13.5 Å². The third-order valence-electron chi connectivity index (χ3n) is 3.00. The Labute approximate surface area is 122 Å². The van der Waals surface area contributed by atoms with Crippen molar-refractivity contribution in [3.05, 3.63) is 54.1 Å². The number of halogens is 2. The molecule has 21 heavy (non-hydrogen) atoms. The molecular formula is C15H19F2N3O. The van der Waals surface area contributed by atoms with E-state index >= 15 is 0 Å². The number of hydrogen-bond donors (Lipinski definition) is 1. The first kappa shape index (κ1) is 15.6. The van der Waals surface area contributed by atoms with Crippen molar-refractivity contribution in [3.8, 4) is 0 Å². The van der Waals surface area contributed by atoms with E-state index in [4.69, 9.17) is 4.74 Å². The maximum Gasteiger partial charge on any atom is 0.320 e. The van der Waals surface area contributed by atoms with Crippen molar-refractivity contribution in [1.82, 2.24) is 14.9 Å². The van der Waals surface area contributed by atoms with E-state index in [9.17, 15) is 8.78 Å². The lowest BCUT2D eigenvalue weighted by atomic mass is 10.2. The van der Waals surface area contributed by atoms with E-state index < -0.39 is 6.55 Å². The van der Waals surface area contributed by atoms with Crippen LogP contribution in [0.3, 0.4) is 0 Å². The van der Waals surface area contributed by atoms with Crippen LogP contribution >= 0.6 is 0 Å². The maximum atomic E-state index is 12.6. The van der Waals surface area contributed by atoms with Gasteiger partial charge in [0.2, 0.25) is 0 Å². The predicted molar refractivity (Wildman–Crippen MR) is 75.9 cm³/mol. The summed E-state index contributed by atoms with van der Waals surface area (Å²) in [5.41, 5.74) is 1.23. The number of nitrogens with one attached hydrogen (secondary N) is 1. The van der Waals surface area contributed by atoms with Crippen molar-refractivity contribution in [2.75, 3.05) is 13.2 Å². The van der Waals surface area contributed by atoms with E-state index in [1.165, 1.54) is 18.0 Å². The molecule has 2 rings (SSSR count). The van der Waals surface area contributed by atoms with E-state index in [1.54, 1.807) is 0 Å². The highest BCUT2D eigenvalue weighted by molar-refractivity contribution is 5.14. The summed E-state index contributed by atoms with van der Waals surface area (Å²) in [5.74, 6) is 0.252. The molecule has 0 amide bonds. The molecule has 0 bridgehead atoms. The molecule has 1 aromatic heterocycles. The van der Waals surface area contributed by atoms with Gasteiger partial charge >= 0.3 is 6.55 Å². The van der Waals surface area contributed by atoms with Crippen LogP contribution < -0.4 is 5.32 Å². The van der Waals surface area contributed by atoms with Gasteiger partial charge in [-0.1, -0.05) is 30.3 Å². The van der Waals surface area contributed by atoms with Crippen molar-refractivity contribution in [1.29, 1.82) is 0 Å². The van der Waals surface area contributed by atoms with Crippen LogP contribution in [0.15, 0.2) is 42.7 Å². The molecule has 114 valence electrons. The minimum atomic E-state index is -2.57. The lowest BCUT2D eigenvalue weighted by molar-refractivity contribution is 0.0519. The fourth-order valence-electron chi connectivity index (χ4n) is 1.92. The molecule has 0 saturated carbocycles. The van der Waals surface area contributed by atoms with Crippen LogP contribution in [0.4, 0.5) is 8.78 Å². The second-order valence-corrected chi connectivity index (χ2v) is 4.60. The Kier molecular flexibility index (Phi) is 6.30. The Balaban J connectivity index is 1.55. The lowest BCUT2D eigenvalue weighted by Gasteiger charge is -2.08. The summed E-state index contributed by atoms with van der Waals surface area (Å²) in [6.07, 6.45) is 3.43. The van der Waals surface area contributed by atoms with Crippen molar-refractivity contribution >= 4 is 0 Å². The standard InChI is InChI=1S/C15H19F2N3O/c16-15(17)20-9-8-19-14(20)12-21-10-4-7-18-11-13-5-2-1-3-6-13/h1-3,5-6,8-9,15,18H,4,7,10-12H2. The first-order valence-corrected chi connectivity index (χ1v) is 6.89. The summed E-state index contributed by atoms with van der Waals surface area (Å²) in [6.45, 7) is -0.318. The lowest BCUT2D eigenvalue weighted by Crippen LogP contribution is -2.16. The number of alkyl halides is 2. The number of aromatic nitrogens is 2. The number of ether oxygens (including phenoxy) is 1. The van der Waals surface area contributed by atoms with Crippen LogP contribution in [0.1, 0.15) is 24.4 Å². The Morgan fingerprint density at radius 1 is 1.24 bits per heavy atom. The largest absolute Gasteiger partial charge is 0.373 e. The fraction of sp³-hybridized carbons (Fsp3) is 0.400. The third kappa shape index (κ3) is 5.24. The fourth-order valence-corrected chi connectivity index (χ4v) is 1.92. The van der Waals surface area contributed by atoms with Gasteiger partial charge in [-0.2, -0.15) is 8.78 Å². The van der Waals surface area contributed by atoms with Crippen LogP contribution in [0.25, 0.3) is 0 Å². The molecule has 0 aliphatic heterocycles. The molecule has 0 radical (unpaired) electrons. The van der Waals surface area contributed by atoms with E-state index in [-0.39, 0.29) is 12.4 Å². The van der Waals surface area contributed by atoms with Crippen LogP contribution in [-0.4, -0.2) is 22.7 Å². The average Bonchev–Trinajstić information content (AvgIpc) is 2.96. The van der Waals surface area contributed by atoms with Gasteiger partial charge in [0.1, 0.15) is 12.4 Å². The van der Waals surface area contributed by atoms with Crippen molar-refractivity contribution in [2.24, 2.45) is 0 Å². The number of hydrogen-bond acceptors (Lipinski definition) is 3. The SMILES string of the molecule is FC(F)n1ccnc1COCCCNCc1ccccc1. The van der Waals surface area contributed by atoms with Gasteiger partial charge in [0.05, 0.1) is 0 Å². The van der Waals surface area contributed by atoms with Gasteiger partial charge in [0, 0.05) is 25.5 Å². The number of nitrogens with zero attached hydrogens (tertiary/aromatic N) is 2. The van der Waals surface area contributed by atoms with Crippen LogP contribution in [0.5, 0.6) is 0 Å². The average molecular weight is 295 g/mol. The number of benzene rings is 1. The third-order valence-corrected chi connectivity index (χ3v) is 3.00. The van der Waals surface area contributed by atoms with Crippen molar-refractivity contribution in [3.63, 3.8) is 0 Å². The molecule has 0 fully saturated rings. The summed E-state index contributed by atoms with van der Waals surface area (Å²) < 4.78 is 31.3. The van der Waals surface area contributed by atoms with Gasteiger partial charge in [0.15, 0.2) is 0 Å². The van der Waals surface area contributed by atoms with Gasteiger partial charge in [-0.25, -0.2) is 4.98 Å². The smallest absolute Gasteiger partial charge is 0.320 e. The number of rotatable bonds is 9. The first-order valence-electron chi connectivity index (χ1n) is 6.89. The zero-order valence-electron chi connectivity index (χ0n) is 11.7. The van der Waals surface area contributed by atoms with Gasteiger partial charge in [-0.3, -0.25) is 4.57 Å². The summed E-state index contributed by atoms with van der Waals surface area (Å²) >= 11 is 0. The molecule has 1 N–H and O–H groups in total. The monoisotopic (exact) mass is 295 g/mol. The second-order valence-electron chi connectivity index (χ2n) is 4.60. The van der Waals surface area contributed by atoms with Crippen LogP contribution in [0, 0.1) is 0 Å². The molecular weight excluding hydrogens is 276 g/mol. The molecule has 0 spiro atoms. The summed E-state index contributed by atoms with van der Waals surface area (Å²) in [6, 6.07) is 10.1. The normalized spacial score (nSPS) is 11.2. The van der Waals surface area contributed by atoms with Gasteiger partial charge in [0.25, 0.3) is 0 Å². The summed E-state index contributed by atoms with van der Waals surface area (Å²) in [4.78, 5) is 3.85. The molecule has 6 heteroatoms. The topological polar surface area (TPSA) is 39.1 Å². The Morgan fingerprint density at radius 3 is 2.81 bits per heavy atom. The zero-order chi connectivity index (χ0) is 14.9. The Hall–Kier alpha value is -1.79. The van der Waals surface area contributed by atoms with Gasteiger partial charge < -0.3 is 10.1 Å². The Bertz CT molecular complexity index is 517. The van der Waals surface area contributed by atoms with E-state index in [2.05, 4.69) is 22.4 Å². The maximum absolute atomic E-state index is 12.6. The first-order chi connectivity index (χ1) is 10.3. The molecule has 0 saturated heterocycles. The van der Waals surface area contributed by atoms with E-state index in [0.717, 1.165) is 24.1 Å². The molecule has 0 aliphatic rings. The number of imidazole rings is 1. The molecule has 1 aromatic carbocycles. The minimum Gasteiger partial charge on any atom is -0.373 e. The highest BCUT2D eigenvalue weighted by Crippen LogP contribution is 2.12. The van der Waals surface area contributed by atoms with Crippen LogP contribution in [-0.2, 0) is 17.9 Å². The highest BCUT2D eigenvalue weighted by Gasteiger charge is 2.10. The summed E-state index contributed by atoms with van der Waals surface area (Å²) in [7, 11) is 0. The van der Waals surface area contributed by atoms with E-state index in [0.29, 0.717) is 6.61 Å². The quantitative estimate of drug-likeness (QED) is 0.723. The van der Waals surface area contributed by atoms with Crippen LogP contribution in [0.2, 0.25) is 0 Å². The zero-order valence-corrected chi connectivity index (χ0v) is 11.7.